The fourth-order valence-corrected chi connectivity index (χ4v) is 4.36. The van der Waals surface area contributed by atoms with E-state index in [0.717, 1.165) is 12.1 Å². The highest BCUT2D eigenvalue weighted by Gasteiger charge is 2.26. The standard InChI is InChI=1S/C24H24ClFN6O2/c1-4-32-12-15(11-27-32)20-13-31(7-8-34-20)21-10-19-22(24(33)30(3)14(2)28-19)23(29-21)17-6-5-16(25)9-18(17)26/h5-6,9-12,20H,4,7-8,13H2,1-3H3/t20-/m1/s1. The lowest BCUT2D eigenvalue weighted by molar-refractivity contribution is 0.0395. The van der Waals surface area contributed by atoms with Crippen molar-refractivity contribution in [2.75, 3.05) is 24.6 Å². The van der Waals surface area contributed by atoms with Gasteiger partial charge in [-0.05, 0) is 32.0 Å². The third kappa shape index (κ3) is 3.95. The zero-order chi connectivity index (χ0) is 24.0. The monoisotopic (exact) mass is 482 g/mol. The molecule has 1 aliphatic rings. The molecule has 1 atom stereocenters. The van der Waals surface area contributed by atoms with E-state index in [0.29, 0.717) is 36.9 Å². The number of ether oxygens (including phenoxy) is 1. The summed E-state index contributed by atoms with van der Waals surface area (Å²) < 4.78 is 24.3. The van der Waals surface area contributed by atoms with Crippen molar-refractivity contribution < 1.29 is 9.13 Å². The van der Waals surface area contributed by atoms with E-state index in [1.807, 2.05) is 24.0 Å². The third-order valence-electron chi connectivity index (χ3n) is 6.20. The molecule has 1 aromatic carbocycles. The molecule has 8 nitrogen and oxygen atoms in total. The third-order valence-corrected chi connectivity index (χ3v) is 6.43. The number of rotatable bonds is 4. The quantitative estimate of drug-likeness (QED) is 0.439. The van der Waals surface area contributed by atoms with Crippen LogP contribution in [-0.4, -0.2) is 44.0 Å². The van der Waals surface area contributed by atoms with Gasteiger partial charge in [0.25, 0.3) is 5.56 Å². The lowest BCUT2D eigenvalue weighted by Crippen LogP contribution is -2.39. The van der Waals surface area contributed by atoms with E-state index in [1.54, 1.807) is 32.2 Å². The van der Waals surface area contributed by atoms with Gasteiger partial charge >= 0.3 is 0 Å². The lowest BCUT2D eigenvalue weighted by atomic mass is 10.1. The molecule has 3 aromatic heterocycles. The Labute approximate surface area is 200 Å². The van der Waals surface area contributed by atoms with Crippen LogP contribution in [0.15, 0.2) is 41.5 Å². The summed E-state index contributed by atoms with van der Waals surface area (Å²) in [6.07, 6.45) is 3.61. The first-order valence-electron chi connectivity index (χ1n) is 11.1. The highest BCUT2D eigenvalue weighted by atomic mass is 35.5. The highest BCUT2D eigenvalue weighted by Crippen LogP contribution is 2.32. The predicted octanol–water partition coefficient (Wildman–Crippen LogP) is 3.89. The van der Waals surface area contributed by atoms with Gasteiger partial charge in [-0.25, -0.2) is 14.4 Å². The molecule has 10 heteroatoms. The number of anilines is 1. The molecule has 176 valence electrons. The second-order valence-corrected chi connectivity index (χ2v) is 8.74. The average Bonchev–Trinajstić information content (AvgIpc) is 3.31. The maximum atomic E-state index is 15.0. The van der Waals surface area contributed by atoms with Crippen LogP contribution in [0.25, 0.3) is 22.2 Å². The molecule has 0 radical (unpaired) electrons. The minimum Gasteiger partial charge on any atom is -0.370 e. The van der Waals surface area contributed by atoms with Crippen molar-refractivity contribution in [3.63, 3.8) is 0 Å². The van der Waals surface area contributed by atoms with Gasteiger partial charge in [0, 0.05) is 55.1 Å². The molecule has 4 heterocycles. The summed E-state index contributed by atoms with van der Waals surface area (Å²) in [5.41, 5.74) is 1.62. The van der Waals surface area contributed by atoms with E-state index >= 15 is 0 Å². The fraction of sp³-hybridized carbons (Fsp3) is 0.333. The van der Waals surface area contributed by atoms with E-state index in [4.69, 9.17) is 21.3 Å². The minimum atomic E-state index is -0.548. The van der Waals surface area contributed by atoms with Crippen LogP contribution in [0.1, 0.15) is 24.4 Å². The van der Waals surface area contributed by atoms with Crippen molar-refractivity contribution in [2.24, 2.45) is 7.05 Å². The molecule has 0 aliphatic carbocycles. The first-order valence-corrected chi connectivity index (χ1v) is 11.5. The number of fused-ring (bicyclic) bond motifs is 1. The number of halogens is 2. The topological polar surface area (TPSA) is 78.1 Å². The summed E-state index contributed by atoms with van der Waals surface area (Å²) in [6.45, 7) is 6.21. The van der Waals surface area contributed by atoms with E-state index in [-0.39, 0.29) is 33.3 Å². The van der Waals surface area contributed by atoms with Crippen molar-refractivity contribution in [1.29, 1.82) is 0 Å². The maximum Gasteiger partial charge on any atom is 0.263 e. The summed E-state index contributed by atoms with van der Waals surface area (Å²) in [6, 6.07) is 6.14. The van der Waals surface area contributed by atoms with Gasteiger partial charge < -0.3 is 9.64 Å². The van der Waals surface area contributed by atoms with E-state index in [9.17, 15) is 9.18 Å². The second-order valence-electron chi connectivity index (χ2n) is 8.31. The molecule has 0 N–H and O–H groups in total. The van der Waals surface area contributed by atoms with Crippen LogP contribution in [0.4, 0.5) is 10.2 Å². The number of nitrogens with zero attached hydrogens (tertiary/aromatic N) is 6. The Hall–Kier alpha value is -3.30. The summed E-state index contributed by atoms with van der Waals surface area (Å²) in [4.78, 5) is 24.6. The number of benzene rings is 1. The smallest absolute Gasteiger partial charge is 0.263 e. The molecule has 34 heavy (non-hydrogen) atoms. The summed E-state index contributed by atoms with van der Waals surface area (Å²) >= 11 is 5.97. The van der Waals surface area contributed by atoms with Crippen LogP contribution in [-0.2, 0) is 18.3 Å². The Morgan fingerprint density at radius 3 is 2.82 bits per heavy atom. The first-order chi connectivity index (χ1) is 16.4. The molecule has 1 fully saturated rings. The van der Waals surface area contributed by atoms with E-state index < -0.39 is 5.82 Å². The number of aryl methyl sites for hydroxylation is 2. The van der Waals surface area contributed by atoms with Crippen molar-refractivity contribution in [3.05, 3.63) is 69.2 Å². The second kappa shape index (κ2) is 8.81. The number of aromatic nitrogens is 5. The van der Waals surface area contributed by atoms with Gasteiger partial charge in [0.2, 0.25) is 0 Å². The summed E-state index contributed by atoms with van der Waals surface area (Å²) in [5.74, 6) is 0.616. The molecule has 0 spiro atoms. The Bertz CT molecular complexity index is 1450. The van der Waals surface area contributed by atoms with Crippen LogP contribution in [0.3, 0.4) is 0 Å². The predicted molar refractivity (Wildman–Crippen MR) is 129 cm³/mol. The molecule has 0 amide bonds. The van der Waals surface area contributed by atoms with Crippen molar-refractivity contribution in [2.45, 2.75) is 26.5 Å². The summed E-state index contributed by atoms with van der Waals surface area (Å²) in [5, 5.41) is 4.89. The molecular weight excluding hydrogens is 459 g/mol. The molecule has 0 bridgehead atoms. The van der Waals surface area contributed by atoms with Gasteiger partial charge in [-0.2, -0.15) is 5.10 Å². The van der Waals surface area contributed by atoms with Gasteiger partial charge in [0.1, 0.15) is 23.6 Å². The van der Waals surface area contributed by atoms with Crippen molar-refractivity contribution in [1.82, 2.24) is 24.3 Å². The van der Waals surface area contributed by atoms with Crippen LogP contribution < -0.4 is 10.5 Å². The Kier molecular flexibility index (Phi) is 5.83. The Morgan fingerprint density at radius 1 is 1.26 bits per heavy atom. The SMILES string of the molecule is CCn1cc([C@H]2CN(c3cc4nc(C)n(C)c(=O)c4c(-c4ccc(Cl)cc4F)n3)CCO2)cn1. The minimum absolute atomic E-state index is 0.180. The van der Waals surface area contributed by atoms with Gasteiger partial charge in [-0.15, -0.1) is 0 Å². The molecule has 0 unspecified atom stereocenters. The largest absolute Gasteiger partial charge is 0.370 e. The molecule has 0 saturated carbocycles. The molecule has 1 saturated heterocycles. The van der Waals surface area contributed by atoms with Gasteiger partial charge in [-0.1, -0.05) is 11.6 Å². The number of hydrogen-bond acceptors (Lipinski definition) is 6. The Balaban J connectivity index is 1.64. The summed E-state index contributed by atoms with van der Waals surface area (Å²) in [7, 11) is 1.64. The zero-order valence-corrected chi connectivity index (χ0v) is 19.9. The lowest BCUT2D eigenvalue weighted by Gasteiger charge is -2.33. The van der Waals surface area contributed by atoms with Gasteiger partial charge in [-0.3, -0.25) is 14.0 Å². The van der Waals surface area contributed by atoms with Crippen LogP contribution in [0.5, 0.6) is 0 Å². The van der Waals surface area contributed by atoms with Crippen LogP contribution >= 0.6 is 11.6 Å². The van der Waals surface area contributed by atoms with Crippen molar-refractivity contribution >= 4 is 28.3 Å². The van der Waals surface area contributed by atoms with E-state index in [1.165, 1.54) is 10.6 Å². The van der Waals surface area contributed by atoms with Gasteiger partial charge in [0.05, 0.1) is 29.4 Å². The van der Waals surface area contributed by atoms with Crippen LogP contribution in [0, 0.1) is 12.7 Å². The number of pyridine rings is 1. The van der Waals surface area contributed by atoms with E-state index in [2.05, 4.69) is 15.0 Å². The Morgan fingerprint density at radius 2 is 2.09 bits per heavy atom. The van der Waals surface area contributed by atoms with Crippen molar-refractivity contribution in [3.8, 4) is 11.3 Å². The number of hydrogen-bond donors (Lipinski definition) is 0. The molecule has 4 aromatic rings. The van der Waals surface area contributed by atoms with Crippen LogP contribution in [0.2, 0.25) is 5.02 Å². The molecule has 1 aliphatic heterocycles. The maximum absolute atomic E-state index is 15.0. The van der Waals surface area contributed by atoms with Gasteiger partial charge in [0.15, 0.2) is 0 Å². The normalized spacial score (nSPS) is 16.4. The zero-order valence-electron chi connectivity index (χ0n) is 19.1. The average molecular weight is 483 g/mol. The highest BCUT2D eigenvalue weighted by molar-refractivity contribution is 6.30. The molecular formula is C24H24ClFN6O2. The fourth-order valence-electron chi connectivity index (χ4n) is 4.20. The molecule has 5 rings (SSSR count). The first kappa shape index (κ1) is 22.5. The number of morpholine rings is 1.